The number of nitriles is 1. The van der Waals surface area contributed by atoms with Gasteiger partial charge in [-0.2, -0.15) is 10.4 Å². The van der Waals surface area contributed by atoms with Crippen molar-refractivity contribution < 1.29 is 4.92 Å². The molecule has 3 aromatic rings. The SMILES string of the molecule is Cc1nn(C)c(Nc2c(Cl)cccc2[N+](=O)[O-])c1-c1ccc(C#N)cc1Cl. The Hall–Kier alpha value is -3.08. The molecule has 7 nitrogen and oxygen atoms in total. The molecule has 0 bridgehead atoms. The quantitative estimate of drug-likeness (QED) is 0.476. The molecule has 0 aliphatic rings. The van der Waals surface area contributed by atoms with Crippen LogP contribution in [0.15, 0.2) is 36.4 Å². The van der Waals surface area contributed by atoms with Gasteiger partial charge in [0, 0.05) is 29.3 Å². The lowest BCUT2D eigenvalue weighted by molar-refractivity contribution is -0.383. The van der Waals surface area contributed by atoms with Crippen molar-refractivity contribution in [2.24, 2.45) is 7.05 Å². The van der Waals surface area contributed by atoms with E-state index in [0.29, 0.717) is 33.2 Å². The monoisotopic (exact) mass is 401 g/mol. The van der Waals surface area contributed by atoms with Gasteiger partial charge in [-0.3, -0.25) is 14.8 Å². The van der Waals surface area contributed by atoms with Gasteiger partial charge in [0.05, 0.1) is 27.3 Å². The molecule has 1 aromatic heterocycles. The Kier molecular flexibility index (Phi) is 5.04. The van der Waals surface area contributed by atoms with Crippen LogP contribution >= 0.6 is 23.2 Å². The first-order valence-corrected chi connectivity index (χ1v) is 8.52. The van der Waals surface area contributed by atoms with Crippen molar-refractivity contribution in [1.29, 1.82) is 5.26 Å². The number of hydrogen-bond acceptors (Lipinski definition) is 5. The van der Waals surface area contributed by atoms with Gasteiger partial charge in [0.1, 0.15) is 11.5 Å². The van der Waals surface area contributed by atoms with E-state index in [1.165, 1.54) is 12.1 Å². The highest BCUT2D eigenvalue weighted by atomic mass is 35.5. The molecule has 0 radical (unpaired) electrons. The molecule has 0 aliphatic carbocycles. The van der Waals surface area contributed by atoms with Crippen LogP contribution in [0.5, 0.6) is 0 Å². The van der Waals surface area contributed by atoms with Crippen LogP contribution in [0.4, 0.5) is 17.2 Å². The van der Waals surface area contributed by atoms with Gasteiger partial charge in [0.2, 0.25) is 0 Å². The second-order valence-electron chi connectivity index (χ2n) is 5.76. The molecule has 27 heavy (non-hydrogen) atoms. The summed E-state index contributed by atoms with van der Waals surface area (Å²) in [6.45, 7) is 1.80. The maximum Gasteiger partial charge on any atom is 0.294 e. The lowest BCUT2D eigenvalue weighted by atomic mass is 10.0. The second kappa shape index (κ2) is 7.27. The minimum Gasteiger partial charge on any atom is -0.333 e. The molecule has 0 saturated heterocycles. The summed E-state index contributed by atoms with van der Waals surface area (Å²) in [5, 5.41) is 28.4. The van der Waals surface area contributed by atoms with Gasteiger partial charge in [-0.1, -0.05) is 35.3 Å². The number of hydrogen-bond donors (Lipinski definition) is 1. The Labute approximate surface area is 164 Å². The summed E-state index contributed by atoms with van der Waals surface area (Å²) in [6.07, 6.45) is 0. The van der Waals surface area contributed by atoms with Gasteiger partial charge in [-0.25, -0.2) is 0 Å². The molecule has 136 valence electrons. The first-order valence-electron chi connectivity index (χ1n) is 7.77. The van der Waals surface area contributed by atoms with Gasteiger partial charge in [-0.15, -0.1) is 0 Å². The van der Waals surface area contributed by atoms with Crippen LogP contribution in [0.25, 0.3) is 11.1 Å². The second-order valence-corrected chi connectivity index (χ2v) is 6.57. The van der Waals surface area contributed by atoms with Crippen LogP contribution in [-0.4, -0.2) is 14.7 Å². The van der Waals surface area contributed by atoms with Crippen molar-refractivity contribution in [2.45, 2.75) is 6.92 Å². The molecule has 2 aromatic carbocycles. The molecule has 1 N–H and O–H groups in total. The molecule has 1 heterocycles. The maximum atomic E-state index is 11.4. The average molecular weight is 402 g/mol. The van der Waals surface area contributed by atoms with E-state index in [9.17, 15) is 10.1 Å². The van der Waals surface area contributed by atoms with E-state index < -0.39 is 4.92 Å². The zero-order valence-electron chi connectivity index (χ0n) is 14.3. The normalized spacial score (nSPS) is 10.5. The van der Waals surface area contributed by atoms with Crippen LogP contribution in [0.1, 0.15) is 11.3 Å². The zero-order valence-corrected chi connectivity index (χ0v) is 15.8. The Morgan fingerprint density at radius 3 is 2.63 bits per heavy atom. The number of anilines is 2. The van der Waals surface area contributed by atoms with E-state index in [1.54, 1.807) is 42.9 Å². The highest BCUT2D eigenvalue weighted by Gasteiger charge is 2.23. The predicted molar refractivity (Wildman–Crippen MR) is 104 cm³/mol. The molecule has 0 saturated carbocycles. The molecule has 3 rings (SSSR count). The third-order valence-corrected chi connectivity index (χ3v) is 4.65. The van der Waals surface area contributed by atoms with E-state index >= 15 is 0 Å². The highest BCUT2D eigenvalue weighted by Crippen LogP contribution is 2.40. The van der Waals surface area contributed by atoms with Crippen molar-refractivity contribution >= 4 is 40.4 Å². The summed E-state index contributed by atoms with van der Waals surface area (Å²) in [7, 11) is 1.71. The Morgan fingerprint density at radius 1 is 1.26 bits per heavy atom. The Balaban J connectivity index is 2.18. The Morgan fingerprint density at radius 2 is 2.00 bits per heavy atom. The van der Waals surface area contributed by atoms with Crippen molar-refractivity contribution in [3.63, 3.8) is 0 Å². The lowest BCUT2D eigenvalue weighted by Crippen LogP contribution is -2.03. The number of aromatic nitrogens is 2. The zero-order chi connectivity index (χ0) is 19.7. The van der Waals surface area contributed by atoms with Gasteiger partial charge in [-0.05, 0) is 25.1 Å². The third-order valence-electron chi connectivity index (χ3n) is 4.02. The number of nitrogens with one attached hydrogen (secondary N) is 1. The minimum absolute atomic E-state index is 0.154. The molecule has 0 amide bonds. The lowest BCUT2D eigenvalue weighted by Gasteiger charge is -2.13. The van der Waals surface area contributed by atoms with E-state index in [0.717, 1.165) is 0 Å². The number of nitro benzene ring substituents is 1. The number of para-hydroxylation sites is 1. The van der Waals surface area contributed by atoms with E-state index in [2.05, 4.69) is 10.4 Å². The van der Waals surface area contributed by atoms with Crippen LogP contribution in [-0.2, 0) is 7.05 Å². The average Bonchev–Trinajstić information content (AvgIpc) is 2.89. The summed E-state index contributed by atoms with van der Waals surface area (Å²) >= 11 is 12.6. The van der Waals surface area contributed by atoms with E-state index in [-0.39, 0.29) is 16.4 Å². The molecular weight excluding hydrogens is 389 g/mol. The molecule has 0 unspecified atom stereocenters. The molecule has 9 heteroatoms. The smallest absolute Gasteiger partial charge is 0.294 e. The molecule has 0 spiro atoms. The summed E-state index contributed by atoms with van der Waals surface area (Å²) in [5.41, 5.74) is 2.43. The topological polar surface area (TPSA) is 96.8 Å². The summed E-state index contributed by atoms with van der Waals surface area (Å²) in [5.74, 6) is 0.496. The largest absolute Gasteiger partial charge is 0.333 e. The minimum atomic E-state index is -0.508. The highest BCUT2D eigenvalue weighted by molar-refractivity contribution is 6.34. The van der Waals surface area contributed by atoms with Gasteiger partial charge in [0.25, 0.3) is 5.69 Å². The maximum absolute atomic E-state index is 11.4. The van der Waals surface area contributed by atoms with Gasteiger partial charge < -0.3 is 5.32 Å². The molecular formula is C18H13Cl2N5O2. The number of benzene rings is 2. The van der Waals surface area contributed by atoms with Crippen LogP contribution in [0.3, 0.4) is 0 Å². The fourth-order valence-electron chi connectivity index (χ4n) is 2.82. The van der Waals surface area contributed by atoms with Gasteiger partial charge >= 0.3 is 0 Å². The summed E-state index contributed by atoms with van der Waals surface area (Å²) in [6, 6.07) is 11.4. The fourth-order valence-corrected chi connectivity index (χ4v) is 3.31. The van der Waals surface area contributed by atoms with Crippen molar-refractivity contribution in [2.75, 3.05) is 5.32 Å². The summed E-state index contributed by atoms with van der Waals surface area (Å²) in [4.78, 5) is 10.9. The van der Waals surface area contributed by atoms with Crippen LogP contribution < -0.4 is 5.32 Å². The van der Waals surface area contributed by atoms with E-state index in [4.69, 9.17) is 28.5 Å². The number of nitrogens with zero attached hydrogens (tertiary/aromatic N) is 4. The van der Waals surface area contributed by atoms with Crippen LogP contribution in [0, 0.1) is 28.4 Å². The number of halogens is 2. The molecule has 0 aliphatic heterocycles. The molecule has 0 fully saturated rings. The Bertz CT molecular complexity index is 1100. The predicted octanol–water partition coefficient (Wildman–Crippen LogP) is 5.23. The van der Waals surface area contributed by atoms with Gasteiger partial charge in [0.15, 0.2) is 0 Å². The third kappa shape index (κ3) is 3.45. The first kappa shape index (κ1) is 18.7. The van der Waals surface area contributed by atoms with Crippen molar-refractivity contribution in [1.82, 2.24) is 9.78 Å². The van der Waals surface area contributed by atoms with Crippen molar-refractivity contribution in [3.05, 3.63) is 67.8 Å². The van der Waals surface area contributed by atoms with E-state index in [1.807, 2.05) is 6.07 Å². The number of nitro groups is 1. The van der Waals surface area contributed by atoms with Crippen molar-refractivity contribution in [3.8, 4) is 17.2 Å². The summed E-state index contributed by atoms with van der Waals surface area (Å²) < 4.78 is 1.56. The fraction of sp³-hybridized carbons (Fsp3) is 0.111. The standard InChI is InChI=1S/C18H13Cl2N5O2/c1-10-16(12-7-6-11(9-21)8-14(12)20)18(24(2)23-10)22-17-13(19)4-3-5-15(17)25(26)27/h3-8,22H,1-2H3. The number of aryl methyl sites for hydroxylation is 2. The first-order chi connectivity index (χ1) is 12.8. The molecule has 0 atom stereocenters. The van der Waals surface area contributed by atoms with Crippen LogP contribution in [0.2, 0.25) is 10.0 Å². The number of rotatable bonds is 4.